The third-order valence-corrected chi connectivity index (χ3v) is 8.65. The third kappa shape index (κ3) is 13.9. The standard InChI is InChI=1S/C38H56O4/c1-3-5-7-8-9-10-11-12-14-30-40-35-24-22-34(23-25-35)38(39)42-37-28-26-36(27-29-37)41-31-15-17-33-20-18-32(19-21-33)16-13-6-4-2/h3,22-29,32-33H,1,4-21,30-31H2,2H3/t32-,33-. The molecule has 0 aliphatic heterocycles. The lowest BCUT2D eigenvalue weighted by atomic mass is 9.78. The van der Waals surface area contributed by atoms with E-state index in [1.54, 1.807) is 24.3 Å². The summed E-state index contributed by atoms with van der Waals surface area (Å²) in [5.74, 6) is 3.60. The maximum atomic E-state index is 12.6. The number of allylic oxidation sites excluding steroid dienone is 1. The highest BCUT2D eigenvalue weighted by molar-refractivity contribution is 5.91. The van der Waals surface area contributed by atoms with Gasteiger partial charge in [0.1, 0.15) is 17.2 Å². The van der Waals surface area contributed by atoms with Crippen molar-refractivity contribution in [2.45, 2.75) is 122 Å². The van der Waals surface area contributed by atoms with Crippen LogP contribution in [-0.2, 0) is 0 Å². The second-order valence-corrected chi connectivity index (χ2v) is 12.2. The lowest BCUT2D eigenvalue weighted by Gasteiger charge is -2.28. The largest absolute Gasteiger partial charge is 0.494 e. The van der Waals surface area contributed by atoms with Gasteiger partial charge in [-0.3, -0.25) is 0 Å². The monoisotopic (exact) mass is 576 g/mol. The molecule has 2 aromatic rings. The van der Waals surface area contributed by atoms with Gasteiger partial charge in [0.15, 0.2) is 0 Å². The minimum Gasteiger partial charge on any atom is -0.494 e. The van der Waals surface area contributed by atoms with Gasteiger partial charge in [0.2, 0.25) is 0 Å². The molecule has 1 aliphatic carbocycles. The van der Waals surface area contributed by atoms with E-state index in [1.807, 2.05) is 30.3 Å². The molecule has 0 bridgehead atoms. The zero-order chi connectivity index (χ0) is 29.7. The molecule has 0 saturated heterocycles. The van der Waals surface area contributed by atoms with Gasteiger partial charge < -0.3 is 14.2 Å². The Bertz CT molecular complexity index is 973. The molecule has 1 aliphatic rings. The maximum Gasteiger partial charge on any atom is 0.343 e. The van der Waals surface area contributed by atoms with Gasteiger partial charge in [-0.25, -0.2) is 4.79 Å². The van der Waals surface area contributed by atoms with Crippen LogP contribution in [0.15, 0.2) is 61.2 Å². The predicted octanol–water partition coefficient (Wildman–Crippen LogP) is 11.1. The molecule has 1 fully saturated rings. The lowest BCUT2D eigenvalue weighted by molar-refractivity contribution is 0.0734. The molecule has 0 heterocycles. The van der Waals surface area contributed by atoms with Gasteiger partial charge in [0.05, 0.1) is 18.8 Å². The van der Waals surface area contributed by atoms with Gasteiger partial charge >= 0.3 is 5.97 Å². The first kappa shape index (κ1) is 33.7. The molecule has 0 unspecified atom stereocenters. The topological polar surface area (TPSA) is 44.8 Å². The molecule has 3 rings (SSSR count). The van der Waals surface area contributed by atoms with Gasteiger partial charge in [0, 0.05) is 0 Å². The summed E-state index contributed by atoms with van der Waals surface area (Å²) < 4.78 is 17.4. The lowest BCUT2D eigenvalue weighted by Crippen LogP contribution is -2.15. The van der Waals surface area contributed by atoms with Gasteiger partial charge in [-0.15, -0.1) is 6.58 Å². The normalized spacial score (nSPS) is 16.6. The molecular weight excluding hydrogens is 520 g/mol. The van der Waals surface area contributed by atoms with Crippen molar-refractivity contribution >= 4 is 5.97 Å². The Kier molecular flexibility index (Phi) is 16.9. The first-order valence-electron chi connectivity index (χ1n) is 17.0. The van der Waals surface area contributed by atoms with E-state index in [-0.39, 0.29) is 5.97 Å². The van der Waals surface area contributed by atoms with Crippen LogP contribution in [0.1, 0.15) is 133 Å². The number of carbonyl (C=O) groups excluding carboxylic acids is 1. The van der Waals surface area contributed by atoms with E-state index in [0.717, 1.165) is 49.2 Å². The van der Waals surface area contributed by atoms with Crippen molar-refractivity contribution in [3.8, 4) is 17.2 Å². The van der Waals surface area contributed by atoms with E-state index in [0.29, 0.717) is 17.9 Å². The maximum absolute atomic E-state index is 12.6. The minimum absolute atomic E-state index is 0.372. The molecule has 0 atom stereocenters. The van der Waals surface area contributed by atoms with Crippen LogP contribution in [0.5, 0.6) is 17.2 Å². The predicted molar refractivity (Wildman–Crippen MR) is 175 cm³/mol. The molecule has 0 aromatic heterocycles. The fourth-order valence-corrected chi connectivity index (χ4v) is 5.98. The molecular formula is C38H56O4. The molecule has 0 spiro atoms. The van der Waals surface area contributed by atoms with Crippen molar-refractivity contribution in [2.24, 2.45) is 11.8 Å². The Morgan fingerprint density at radius 2 is 1.17 bits per heavy atom. The molecule has 4 heteroatoms. The average molecular weight is 577 g/mol. The van der Waals surface area contributed by atoms with Gasteiger partial charge in [0.25, 0.3) is 0 Å². The van der Waals surface area contributed by atoms with E-state index in [1.165, 1.54) is 96.3 Å². The molecule has 1 saturated carbocycles. The van der Waals surface area contributed by atoms with Crippen LogP contribution in [0.2, 0.25) is 0 Å². The Morgan fingerprint density at radius 3 is 1.76 bits per heavy atom. The van der Waals surface area contributed by atoms with Crippen molar-refractivity contribution in [1.82, 2.24) is 0 Å². The third-order valence-electron chi connectivity index (χ3n) is 8.65. The summed E-state index contributed by atoms with van der Waals surface area (Å²) in [4.78, 5) is 12.6. The van der Waals surface area contributed by atoms with Crippen molar-refractivity contribution in [3.63, 3.8) is 0 Å². The van der Waals surface area contributed by atoms with Crippen LogP contribution < -0.4 is 14.2 Å². The minimum atomic E-state index is -0.372. The smallest absolute Gasteiger partial charge is 0.343 e. The van der Waals surface area contributed by atoms with Crippen LogP contribution in [-0.4, -0.2) is 19.2 Å². The highest BCUT2D eigenvalue weighted by Crippen LogP contribution is 2.34. The van der Waals surface area contributed by atoms with Crippen LogP contribution >= 0.6 is 0 Å². The molecule has 232 valence electrons. The quantitative estimate of drug-likeness (QED) is 0.0605. The number of carbonyl (C=O) groups is 1. The Morgan fingerprint density at radius 1 is 0.667 bits per heavy atom. The average Bonchev–Trinajstić information content (AvgIpc) is 3.02. The number of benzene rings is 2. The van der Waals surface area contributed by atoms with Crippen LogP contribution in [0.25, 0.3) is 0 Å². The van der Waals surface area contributed by atoms with Crippen LogP contribution in [0.3, 0.4) is 0 Å². The number of rotatable bonds is 22. The van der Waals surface area contributed by atoms with E-state index in [9.17, 15) is 4.79 Å². The molecule has 0 radical (unpaired) electrons. The summed E-state index contributed by atoms with van der Waals surface area (Å²) in [5, 5.41) is 0. The van der Waals surface area contributed by atoms with E-state index < -0.39 is 0 Å². The first-order chi connectivity index (χ1) is 20.7. The molecule has 4 nitrogen and oxygen atoms in total. The number of ether oxygens (including phenoxy) is 3. The summed E-state index contributed by atoms with van der Waals surface area (Å²) in [5.41, 5.74) is 0.508. The van der Waals surface area contributed by atoms with Gasteiger partial charge in [-0.05, 0) is 92.5 Å². The fraction of sp³-hybridized carbons (Fsp3) is 0.605. The SMILES string of the molecule is C=CCCCCCCCCCOc1ccc(C(=O)Oc2ccc(OCCC[C@H]3CC[C@H](CCCCC)CC3)cc2)cc1. The Hall–Kier alpha value is -2.75. The zero-order valence-electron chi connectivity index (χ0n) is 26.3. The Labute approximate surface area is 256 Å². The number of esters is 1. The highest BCUT2D eigenvalue weighted by Gasteiger charge is 2.20. The fourth-order valence-electron chi connectivity index (χ4n) is 5.98. The molecule has 42 heavy (non-hydrogen) atoms. The van der Waals surface area contributed by atoms with Gasteiger partial charge in [-0.2, -0.15) is 0 Å². The number of unbranched alkanes of at least 4 members (excludes halogenated alkanes) is 9. The second-order valence-electron chi connectivity index (χ2n) is 12.2. The van der Waals surface area contributed by atoms with Crippen molar-refractivity contribution in [1.29, 1.82) is 0 Å². The number of hydrogen-bond acceptors (Lipinski definition) is 4. The van der Waals surface area contributed by atoms with Crippen LogP contribution in [0, 0.1) is 11.8 Å². The summed E-state index contributed by atoms with van der Waals surface area (Å²) in [7, 11) is 0. The van der Waals surface area contributed by atoms with Crippen molar-refractivity contribution in [3.05, 3.63) is 66.7 Å². The zero-order valence-corrected chi connectivity index (χ0v) is 26.3. The molecule has 0 N–H and O–H groups in total. The summed E-state index contributed by atoms with van der Waals surface area (Å²) in [6.07, 6.45) is 25.4. The number of hydrogen-bond donors (Lipinski definition) is 0. The highest BCUT2D eigenvalue weighted by atomic mass is 16.5. The summed E-state index contributed by atoms with van der Waals surface area (Å²) >= 11 is 0. The van der Waals surface area contributed by atoms with Crippen LogP contribution in [0.4, 0.5) is 0 Å². The molecule has 0 amide bonds. The summed E-state index contributed by atoms with van der Waals surface area (Å²) in [6.45, 7) is 7.50. The van der Waals surface area contributed by atoms with E-state index in [2.05, 4.69) is 13.5 Å². The second kappa shape index (κ2) is 21.0. The van der Waals surface area contributed by atoms with E-state index in [4.69, 9.17) is 14.2 Å². The van der Waals surface area contributed by atoms with Crippen molar-refractivity contribution in [2.75, 3.05) is 13.2 Å². The van der Waals surface area contributed by atoms with E-state index >= 15 is 0 Å². The Balaban J connectivity index is 1.24. The molecule has 2 aromatic carbocycles. The summed E-state index contributed by atoms with van der Waals surface area (Å²) in [6, 6.07) is 14.6. The van der Waals surface area contributed by atoms with Gasteiger partial charge in [-0.1, -0.05) is 96.5 Å². The first-order valence-corrected chi connectivity index (χ1v) is 17.0. The van der Waals surface area contributed by atoms with Crippen molar-refractivity contribution < 1.29 is 19.0 Å².